The van der Waals surface area contributed by atoms with E-state index in [2.05, 4.69) is 10.6 Å². The van der Waals surface area contributed by atoms with Crippen LogP contribution in [0, 0.1) is 23.2 Å². The summed E-state index contributed by atoms with van der Waals surface area (Å²) in [4.78, 5) is 48.9. The van der Waals surface area contributed by atoms with E-state index >= 15 is 0 Å². The minimum atomic E-state index is -0.884. The highest BCUT2D eigenvalue weighted by atomic mass is 16.5. The average Bonchev–Trinajstić information content (AvgIpc) is 2.61. The van der Waals surface area contributed by atoms with Gasteiger partial charge in [-0.25, -0.2) is 4.79 Å². The molecule has 0 aliphatic heterocycles. The molecule has 0 aromatic heterocycles. The van der Waals surface area contributed by atoms with Crippen LogP contribution in [0.25, 0.3) is 0 Å². The predicted octanol–water partition coefficient (Wildman–Crippen LogP) is 2.12. The molecule has 162 valence electrons. The van der Waals surface area contributed by atoms with E-state index in [9.17, 15) is 19.2 Å². The molecule has 0 spiro atoms. The van der Waals surface area contributed by atoms with Crippen LogP contribution >= 0.6 is 0 Å². The van der Waals surface area contributed by atoms with Crippen LogP contribution in [-0.2, 0) is 23.9 Å². The Kier molecular flexibility index (Phi) is 6.64. The second kappa shape index (κ2) is 8.84. The topological polar surface area (TPSA) is 102 Å². The first-order valence-corrected chi connectivity index (χ1v) is 10.9. The van der Waals surface area contributed by atoms with E-state index < -0.39 is 17.9 Å². The number of Topliss-reactive ketones (excluding diaryl/α,β-unsaturated/α-hetero) is 1. The van der Waals surface area contributed by atoms with Gasteiger partial charge in [-0.3, -0.25) is 9.59 Å². The van der Waals surface area contributed by atoms with Gasteiger partial charge in [0.1, 0.15) is 11.8 Å². The van der Waals surface area contributed by atoms with Crippen molar-refractivity contribution in [3.63, 3.8) is 0 Å². The Hall–Kier alpha value is -1.92. The quantitative estimate of drug-likeness (QED) is 0.571. The molecular weight excluding hydrogens is 372 g/mol. The normalized spacial score (nSPS) is 30.7. The number of hydrogen-bond acceptors (Lipinski definition) is 5. The van der Waals surface area contributed by atoms with Gasteiger partial charge in [-0.1, -0.05) is 0 Å². The fourth-order valence-corrected chi connectivity index (χ4v) is 5.89. The van der Waals surface area contributed by atoms with Crippen molar-refractivity contribution in [1.29, 1.82) is 0 Å². The molecule has 7 heteroatoms. The van der Waals surface area contributed by atoms with E-state index in [1.807, 2.05) is 0 Å². The average molecular weight is 407 g/mol. The first kappa shape index (κ1) is 21.8. The lowest BCUT2D eigenvalue weighted by Gasteiger charge is -2.55. The monoisotopic (exact) mass is 406 g/mol. The molecule has 1 atom stereocenters. The number of esters is 1. The Labute approximate surface area is 172 Å². The van der Waals surface area contributed by atoms with Crippen molar-refractivity contribution >= 4 is 23.6 Å². The van der Waals surface area contributed by atoms with E-state index in [4.69, 9.17) is 4.74 Å². The summed E-state index contributed by atoms with van der Waals surface area (Å²) in [5.41, 5.74) is -0.306. The zero-order valence-electron chi connectivity index (χ0n) is 17.8. The summed E-state index contributed by atoms with van der Waals surface area (Å²) in [7, 11) is 0. The van der Waals surface area contributed by atoms with Gasteiger partial charge in [0.25, 0.3) is 0 Å². The van der Waals surface area contributed by atoms with E-state index in [1.165, 1.54) is 26.2 Å². The first-order chi connectivity index (χ1) is 13.7. The Morgan fingerprint density at radius 1 is 1.00 bits per heavy atom. The maximum Gasteiger partial charge on any atom is 0.328 e. The standard InChI is InChI=1S/C22H34N2O5/c1-13(2)29-20(27)18(5-4-14(3)25)24-19(26)12-23-21(28)22-9-15-6-16(10-22)8-17(7-15)11-22/h13,15-18H,4-12H2,1-3H3,(H,23,28)(H,24,26). The van der Waals surface area contributed by atoms with Crippen LogP contribution in [-0.4, -0.2) is 42.3 Å². The molecule has 4 rings (SSSR count). The summed E-state index contributed by atoms with van der Waals surface area (Å²) in [6.07, 6.45) is 6.63. The Balaban J connectivity index is 1.52. The van der Waals surface area contributed by atoms with Crippen molar-refractivity contribution in [2.45, 2.75) is 84.3 Å². The molecule has 0 heterocycles. The fourth-order valence-electron chi connectivity index (χ4n) is 5.89. The third kappa shape index (κ3) is 5.37. The van der Waals surface area contributed by atoms with Crippen molar-refractivity contribution in [2.24, 2.45) is 23.2 Å². The highest BCUT2D eigenvalue weighted by Gasteiger charge is 2.54. The van der Waals surface area contributed by atoms with Gasteiger partial charge in [0, 0.05) is 11.8 Å². The highest BCUT2D eigenvalue weighted by molar-refractivity contribution is 5.90. The maximum absolute atomic E-state index is 13.0. The van der Waals surface area contributed by atoms with Crippen molar-refractivity contribution in [2.75, 3.05) is 6.54 Å². The molecule has 4 fully saturated rings. The van der Waals surface area contributed by atoms with Crippen LogP contribution in [0.1, 0.15) is 72.1 Å². The number of carbonyl (C=O) groups excluding carboxylic acids is 4. The minimum absolute atomic E-state index is 0.0169. The van der Waals surface area contributed by atoms with Gasteiger partial charge in [0.05, 0.1) is 12.6 Å². The number of carbonyl (C=O) groups is 4. The first-order valence-electron chi connectivity index (χ1n) is 10.9. The third-order valence-corrected chi connectivity index (χ3v) is 6.69. The molecule has 29 heavy (non-hydrogen) atoms. The van der Waals surface area contributed by atoms with Crippen LogP contribution in [0.5, 0.6) is 0 Å². The Morgan fingerprint density at radius 3 is 2.03 bits per heavy atom. The van der Waals surface area contributed by atoms with Crippen molar-refractivity contribution in [1.82, 2.24) is 10.6 Å². The van der Waals surface area contributed by atoms with Gasteiger partial charge in [0.15, 0.2) is 0 Å². The zero-order valence-corrected chi connectivity index (χ0v) is 17.8. The number of rotatable bonds is 9. The maximum atomic E-state index is 13.0. The van der Waals surface area contributed by atoms with Gasteiger partial charge < -0.3 is 20.2 Å². The summed E-state index contributed by atoms with van der Waals surface area (Å²) in [6.45, 7) is 4.74. The second-order valence-electron chi connectivity index (χ2n) is 9.73. The van der Waals surface area contributed by atoms with Crippen LogP contribution < -0.4 is 10.6 Å². The number of ether oxygens (including phenoxy) is 1. The summed E-state index contributed by atoms with van der Waals surface area (Å²) >= 11 is 0. The molecule has 0 aromatic rings. The second-order valence-corrected chi connectivity index (χ2v) is 9.73. The summed E-state index contributed by atoms with van der Waals surface area (Å²) in [6, 6.07) is -0.884. The molecule has 1 unspecified atom stereocenters. The number of ketones is 1. The van der Waals surface area contributed by atoms with Crippen molar-refractivity contribution < 1.29 is 23.9 Å². The Bertz CT molecular complexity index is 637. The Morgan fingerprint density at radius 2 is 1.55 bits per heavy atom. The fraction of sp³-hybridized carbons (Fsp3) is 0.818. The van der Waals surface area contributed by atoms with Gasteiger partial charge in [-0.2, -0.15) is 0 Å². The number of hydrogen-bond donors (Lipinski definition) is 2. The largest absolute Gasteiger partial charge is 0.461 e. The van der Waals surface area contributed by atoms with E-state index in [-0.39, 0.29) is 42.6 Å². The minimum Gasteiger partial charge on any atom is -0.461 e. The van der Waals surface area contributed by atoms with Crippen molar-refractivity contribution in [3.8, 4) is 0 Å². The zero-order chi connectivity index (χ0) is 21.2. The molecule has 0 radical (unpaired) electrons. The molecule has 7 nitrogen and oxygen atoms in total. The molecule has 0 saturated heterocycles. The molecule has 4 bridgehead atoms. The molecule has 4 aliphatic rings. The van der Waals surface area contributed by atoms with Crippen LogP contribution in [0.4, 0.5) is 0 Å². The molecule has 2 N–H and O–H groups in total. The lowest BCUT2D eigenvalue weighted by Crippen LogP contribution is -2.55. The van der Waals surface area contributed by atoms with E-state index in [0.717, 1.165) is 19.3 Å². The number of nitrogens with one attached hydrogen (secondary N) is 2. The van der Waals surface area contributed by atoms with Gasteiger partial charge in [-0.05, 0) is 83.5 Å². The number of amides is 2. The summed E-state index contributed by atoms with van der Waals surface area (Å²) in [5.74, 6) is 0.903. The smallest absolute Gasteiger partial charge is 0.328 e. The molecular formula is C22H34N2O5. The van der Waals surface area contributed by atoms with Crippen molar-refractivity contribution in [3.05, 3.63) is 0 Å². The molecule has 2 amide bonds. The third-order valence-electron chi connectivity index (χ3n) is 6.69. The molecule has 4 saturated carbocycles. The summed E-state index contributed by atoms with van der Waals surface area (Å²) < 4.78 is 5.18. The summed E-state index contributed by atoms with van der Waals surface area (Å²) in [5, 5.41) is 5.45. The van der Waals surface area contributed by atoms with Gasteiger partial charge >= 0.3 is 5.97 Å². The lowest BCUT2D eigenvalue weighted by atomic mass is 9.49. The SMILES string of the molecule is CC(=O)CCC(NC(=O)CNC(=O)C12CC3CC(CC(C3)C1)C2)C(=O)OC(C)C. The van der Waals surface area contributed by atoms with Crippen LogP contribution in [0.15, 0.2) is 0 Å². The van der Waals surface area contributed by atoms with E-state index in [1.54, 1.807) is 13.8 Å². The van der Waals surface area contributed by atoms with Crippen LogP contribution in [0.3, 0.4) is 0 Å². The lowest BCUT2D eigenvalue weighted by molar-refractivity contribution is -0.151. The molecule has 0 aromatic carbocycles. The van der Waals surface area contributed by atoms with Gasteiger partial charge in [0.2, 0.25) is 11.8 Å². The van der Waals surface area contributed by atoms with Gasteiger partial charge in [-0.15, -0.1) is 0 Å². The molecule has 4 aliphatic carbocycles. The van der Waals surface area contributed by atoms with E-state index in [0.29, 0.717) is 17.8 Å². The van der Waals surface area contributed by atoms with Crippen LogP contribution in [0.2, 0.25) is 0 Å². The predicted molar refractivity (Wildman–Crippen MR) is 107 cm³/mol. The highest BCUT2D eigenvalue weighted by Crippen LogP contribution is 2.60.